The van der Waals surface area contributed by atoms with Gasteiger partial charge in [-0.25, -0.2) is 13.9 Å². The summed E-state index contributed by atoms with van der Waals surface area (Å²) in [4.78, 5) is 23.4. The molecule has 0 saturated heterocycles. The molecule has 0 radical (unpaired) electrons. The minimum absolute atomic E-state index is 0. The van der Waals surface area contributed by atoms with Crippen LogP contribution in [0.2, 0.25) is 5.02 Å². The first-order chi connectivity index (χ1) is 17.4. The molecule has 0 aliphatic carbocycles. The minimum Gasteiger partial charge on any atom is -0.355 e. The number of alkyl halides is 3. The Kier molecular flexibility index (Phi) is 13.1. The average Bonchev–Trinajstić information content (AvgIpc) is 3.14. The van der Waals surface area contributed by atoms with Gasteiger partial charge in [-0.2, -0.15) is 17.6 Å². The first kappa shape index (κ1) is 33.8. The van der Waals surface area contributed by atoms with Gasteiger partial charge < -0.3 is 15.8 Å². The summed E-state index contributed by atoms with van der Waals surface area (Å²) in [6.45, 7) is 0. The third-order valence-electron chi connectivity index (χ3n) is 4.48. The summed E-state index contributed by atoms with van der Waals surface area (Å²) < 4.78 is 78.7. The number of benzene rings is 3. The van der Waals surface area contributed by atoms with Gasteiger partial charge in [-0.3, -0.25) is 9.48 Å². The van der Waals surface area contributed by atoms with Crippen molar-refractivity contribution in [2.75, 3.05) is 12.4 Å². The predicted octanol–water partition coefficient (Wildman–Crippen LogP) is 2.79. The Morgan fingerprint density at radius 3 is 2.18 bits per heavy atom. The molecule has 0 bridgehead atoms. The van der Waals surface area contributed by atoms with E-state index in [-0.39, 0.29) is 85.4 Å². The number of carbonyl (C=O) groups excluding carboxylic acids is 2. The third-order valence-corrected chi connectivity index (χ3v) is 4.73. The largest absolute Gasteiger partial charge is 1.00 e. The molecule has 0 fully saturated rings. The first-order valence-electron chi connectivity index (χ1n) is 10.1. The van der Waals surface area contributed by atoms with Crippen molar-refractivity contribution < 1.29 is 87.3 Å². The molecule has 14 heteroatoms. The molecule has 3 N–H and O–H groups in total. The molecular weight excluding hydrogens is 565 g/mol. The van der Waals surface area contributed by atoms with Gasteiger partial charge in [0.2, 0.25) is 0 Å². The van der Waals surface area contributed by atoms with Crippen molar-refractivity contribution in [1.29, 1.82) is 0 Å². The molecule has 0 saturated carbocycles. The van der Waals surface area contributed by atoms with E-state index in [9.17, 15) is 35.9 Å². The van der Waals surface area contributed by atoms with Crippen LogP contribution in [0.15, 0.2) is 48.5 Å². The molecule has 196 valence electrons. The molecule has 0 unspecified atom stereocenters. The smallest absolute Gasteiger partial charge is 0.355 e. The van der Waals surface area contributed by atoms with E-state index in [1.54, 1.807) is 0 Å². The first-order valence-corrected chi connectivity index (χ1v) is 10.5. The van der Waals surface area contributed by atoms with Crippen molar-refractivity contribution in [2.24, 2.45) is 12.8 Å². The quantitative estimate of drug-likeness (QED) is 0.168. The SMILES string of the molecule is CN.Cn1nc2c(C=O)[c-]c(NC(=O)c3cc(F)cc(C(F)(F)F)c3)cc2c1F.Fc1ccc(Cl)cc1.[K+]. The maximum atomic E-state index is 14.0. The Balaban J connectivity index is 0.000000557. The van der Waals surface area contributed by atoms with E-state index in [4.69, 9.17) is 11.6 Å². The number of aldehydes is 1. The number of aryl methyl sites for hydroxylation is 1. The molecule has 4 aromatic rings. The Bertz CT molecular complexity index is 1390. The van der Waals surface area contributed by atoms with Gasteiger partial charge in [0.1, 0.15) is 11.6 Å². The number of nitrogens with two attached hydrogens (primary N) is 1. The van der Waals surface area contributed by atoms with Gasteiger partial charge in [-0.05, 0) is 60.6 Å². The summed E-state index contributed by atoms with van der Waals surface area (Å²) >= 11 is 5.44. The summed E-state index contributed by atoms with van der Waals surface area (Å²) in [7, 11) is 2.80. The number of rotatable bonds is 3. The predicted molar refractivity (Wildman–Crippen MR) is 126 cm³/mol. The van der Waals surface area contributed by atoms with Crippen molar-refractivity contribution in [1.82, 2.24) is 9.78 Å². The molecule has 1 heterocycles. The fourth-order valence-corrected chi connectivity index (χ4v) is 3.02. The van der Waals surface area contributed by atoms with Crippen molar-refractivity contribution in [3.05, 3.63) is 93.9 Å². The van der Waals surface area contributed by atoms with Gasteiger partial charge in [-0.1, -0.05) is 17.2 Å². The zero-order valence-electron chi connectivity index (χ0n) is 20.1. The second-order valence-corrected chi connectivity index (χ2v) is 7.44. The van der Waals surface area contributed by atoms with Gasteiger partial charge >= 0.3 is 57.6 Å². The van der Waals surface area contributed by atoms with Crippen LogP contribution < -0.4 is 62.4 Å². The third kappa shape index (κ3) is 8.90. The van der Waals surface area contributed by atoms with Crippen molar-refractivity contribution in [3.63, 3.8) is 0 Å². The molecular formula is C24H18ClF6KN4O2. The van der Waals surface area contributed by atoms with Crippen LogP contribution in [-0.4, -0.2) is 29.0 Å². The molecule has 6 nitrogen and oxygen atoms in total. The molecule has 1 aromatic heterocycles. The monoisotopic (exact) mass is 582 g/mol. The van der Waals surface area contributed by atoms with Crippen LogP contribution >= 0.6 is 11.6 Å². The van der Waals surface area contributed by atoms with Crippen LogP contribution in [0.1, 0.15) is 26.3 Å². The molecule has 0 atom stereocenters. The Labute approximate surface area is 260 Å². The normalized spacial score (nSPS) is 10.4. The molecule has 3 aromatic carbocycles. The number of nitrogens with zero attached hydrogens (tertiary/aromatic N) is 2. The molecule has 1 amide bonds. The van der Waals surface area contributed by atoms with E-state index >= 15 is 0 Å². The number of aromatic nitrogens is 2. The maximum Gasteiger partial charge on any atom is 1.00 e. The summed E-state index contributed by atoms with van der Waals surface area (Å²) in [5.74, 6) is -3.38. The fraction of sp³-hybridized carbons (Fsp3) is 0.125. The zero-order valence-corrected chi connectivity index (χ0v) is 24.0. The van der Waals surface area contributed by atoms with Crippen LogP contribution in [0.3, 0.4) is 0 Å². The van der Waals surface area contributed by atoms with Gasteiger partial charge in [0.15, 0.2) is 5.95 Å². The van der Waals surface area contributed by atoms with Crippen molar-refractivity contribution in [2.45, 2.75) is 6.18 Å². The number of carbonyl (C=O) groups is 2. The summed E-state index contributed by atoms with van der Waals surface area (Å²) in [6.07, 6.45) is -4.50. The summed E-state index contributed by atoms with van der Waals surface area (Å²) in [5.41, 5.74) is 2.24. The van der Waals surface area contributed by atoms with E-state index in [0.29, 0.717) is 23.4 Å². The number of hydrogen-bond donors (Lipinski definition) is 2. The minimum atomic E-state index is -4.84. The molecule has 38 heavy (non-hydrogen) atoms. The Morgan fingerprint density at radius 2 is 1.66 bits per heavy atom. The Hall–Kier alpha value is -2.26. The van der Waals surface area contributed by atoms with E-state index < -0.39 is 35.0 Å². The number of fused-ring (bicyclic) bond motifs is 1. The van der Waals surface area contributed by atoms with Crippen LogP contribution in [0.25, 0.3) is 10.9 Å². The topological polar surface area (TPSA) is 90.0 Å². The fourth-order valence-electron chi connectivity index (χ4n) is 2.89. The molecule has 4 rings (SSSR count). The standard InChI is InChI=1S/C17H9F5N3O2.C6H4ClF.CH5N.K/c1-25-15(19)13-6-12(4-9(7-26)14(13)24-25)23-16(27)8-2-10(17(20,21)22)5-11(18)3-8;7-5-1-3-6(8)4-2-5;1-2;/h2-3,5-7H,1H3,(H,23,27);1-4H;2H2,1H3;/q-1;;;+1. The Morgan fingerprint density at radius 1 is 1.05 bits per heavy atom. The second-order valence-electron chi connectivity index (χ2n) is 7.01. The van der Waals surface area contributed by atoms with Crippen LogP contribution in [-0.2, 0) is 13.2 Å². The van der Waals surface area contributed by atoms with Gasteiger partial charge in [-0.15, -0.1) is 12.1 Å². The summed E-state index contributed by atoms with van der Waals surface area (Å²) in [5, 5.41) is 6.45. The average molecular weight is 583 g/mol. The number of amides is 1. The van der Waals surface area contributed by atoms with Gasteiger partial charge in [0.05, 0.1) is 11.8 Å². The summed E-state index contributed by atoms with van der Waals surface area (Å²) in [6, 6.07) is 10.6. The van der Waals surface area contributed by atoms with Gasteiger partial charge in [0, 0.05) is 23.2 Å². The van der Waals surface area contributed by atoms with E-state index in [1.165, 1.54) is 38.4 Å². The number of nitrogens with one attached hydrogen (secondary N) is 1. The van der Waals surface area contributed by atoms with Crippen LogP contribution in [0.4, 0.5) is 32.0 Å². The maximum absolute atomic E-state index is 14.0. The number of halogens is 7. The van der Waals surface area contributed by atoms with E-state index in [1.807, 2.05) is 0 Å². The molecule has 0 spiro atoms. The second kappa shape index (κ2) is 14.8. The van der Waals surface area contributed by atoms with E-state index in [0.717, 1.165) is 10.7 Å². The van der Waals surface area contributed by atoms with Crippen LogP contribution in [0.5, 0.6) is 0 Å². The van der Waals surface area contributed by atoms with Gasteiger partial charge in [0.25, 0.3) is 5.91 Å². The van der Waals surface area contributed by atoms with Crippen LogP contribution in [0, 0.1) is 23.6 Å². The molecule has 0 aliphatic rings. The van der Waals surface area contributed by atoms with Crippen molar-refractivity contribution >= 4 is 40.4 Å². The number of hydrogen-bond acceptors (Lipinski definition) is 4. The zero-order chi connectivity index (χ0) is 27.9. The van der Waals surface area contributed by atoms with E-state index in [2.05, 4.69) is 22.2 Å². The van der Waals surface area contributed by atoms with Crippen molar-refractivity contribution in [3.8, 4) is 0 Å². The molecule has 0 aliphatic heterocycles. The number of anilines is 1.